The molecule has 4 aromatic rings. The Balaban J connectivity index is 1.36. The maximum Gasteiger partial charge on any atom is 0.294 e. The Bertz CT molecular complexity index is 1540. The van der Waals surface area contributed by atoms with Gasteiger partial charge in [0.25, 0.3) is 11.1 Å². The number of fused-ring (bicyclic) bond motifs is 1. The molecular weight excluding hydrogens is 493 g/mol. The molecule has 1 aliphatic rings. The molecule has 186 valence electrons. The molecule has 0 aliphatic carbocycles. The molecule has 2 heterocycles. The number of hydrogen-bond donors (Lipinski definition) is 1. The number of imide groups is 1. The number of nitrogens with one attached hydrogen (secondary N) is 1. The Hall–Kier alpha value is -4.37. The minimum atomic E-state index is -0.536. The van der Waals surface area contributed by atoms with Gasteiger partial charge < -0.3 is 14.6 Å². The van der Waals surface area contributed by atoms with Crippen molar-refractivity contribution in [1.82, 2.24) is 9.47 Å². The van der Waals surface area contributed by atoms with Gasteiger partial charge in [-0.05, 0) is 54.2 Å². The van der Waals surface area contributed by atoms with E-state index in [4.69, 9.17) is 4.74 Å². The lowest BCUT2D eigenvalue weighted by molar-refractivity contribution is -0.127. The van der Waals surface area contributed by atoms with Crippen molar-refractivity contribution in [3.63, 3.8) is 0 Å². The largest absolute Gasteiger partial charge is 0.497 e. The van der Waals surface area contributed by atoms with Gasteiger partial charge in [0, 0.05) is 33.9 Å². The Kier molecular flexibility index (Phi) is 6.78. The average molecular weight is 516 g/mol. The Morgan fingerprint density at radius 3 is 2.51 bits per heavy atom. The molecule has 0 radical (unpaired) electrons. The van der Waals surface area contributed by atoms with Gasteiger partial charge in [0.05, 0.1) is 18.6 Å². The van der Waals surface area contributed by atoms with E-state index in [1.54, 1.807) is 55.7 Å². The van der Waals surface area contributed by atoms with E-state index in [1.165, 1.54) is 6.07 Å². The zero-order valence-corrected chi connectivity index (χ0v) is 20.6. The summed E-state index contributed by atoms with van der Waals surface area (Å²) < 4.78 is 21.3. The second-order valence-corrected chi connectivity index (χ2v) is 9.36. The Morgan fingerprint density at radius 2 is 1.76 bits per heavy atom. The topological polar surface area (TPSA) is 80.6 Å². The van der Waals surface area contributed by atoms with Crippen molar-refractivity contribution < 1.29 is 23.5 Å². The average Bonchev–Trinajstić information content (AvgIpc) is 3.37. The third-order valence-electron chi connectivity index (χ3n) is 5.95. The first-order valence-corrected chi connectivity index (χ1v) is 12.2. The molecule has 7 nitrogen and oxygen atoms in total. The number of halogens is 1. The minimum absolute atomic E-state index is 0.219. The summed E-state index contributed by atoms with van der Waals surface area (Å²) in [5, 5.41) is 3.02. The molecule has 5 rings (SSSR count). The molecule has 1 N–H and O–H groups in total. The summed E-state index contributed by atoms with van der Waals surface area (Å²) in [6, 6.07) is 20.9. The van der Waals surface area contributed by atoms with Crippen LogP contribution in [0.4, 0.5) is 14.9 Å². The minimum Gasteiger partial charge on any atom is -0.497 e. The fourth-order valence-corrected chi connectivity index (χ4v) is 4.96. The Morgan fingerprint density at radius 1 is 1.03 bits per heavy atom. The second-order valence-electron chi connectivity index (χ2n) is 8.37. The van der Waals surface area contributed by atoms with E-state index in [1.807, 2.05) is 35.0 Å². The summed E-state index contributed by atoms with van der Waals surface area (Å²) in [6.07, 6.45) is 3.48. The number of carbonyl (C=O) groups excluding carboxylic acids is 3. The number of anilines is 1. The van der Waals surface area contributed by atoms with E-state index < -0.39 is 23.6 Å². The molecular formula is C28H22FN3O4S. The van der Waals surface area contributed by atoms with Gasteiger partial charge in [0.2, 0.25) is 5.91 Å². The van der Waals surface area contributed by atoms with Crippen LogP contribution in [0, 0.1) is 5.82 Å². The number of nitrogens with zero attached hydrogens (tertiary/aromatic N) is 2. The highest BCUT2D eigenvalue weighted by Crippen LogP contribution is 2.34. The molecule has 9 heteroatoms. The molecule has 0 bridgehead atoms. The summed E-state index contributed by atoms with van der Waals surface area (Å²) >= 11 is 0.787. The van der Waals surface area contributed by atoms with Crippen molar-refractivity contribution in [3.8, 4) is 5.75 Å². The van der Waals surface area contributed by atoms with E-state index in [9.17, 15) is 18.8 Å². The fraction of sp³-hybridized carbons (Fsp3) is 0.107. The van der Waals surface area contributed by atoms with Gasteiger partial charge >= 0.3 is 0 Å². The highest BCUT2D eigenvalue weighted by atomic mass is 32.2. The summed E-state index contributed by atoms with van der Waals surface area (Å²) in [4.78, 5) is 39.3. The first-order valence-electron chi connectivity index (χ1n) is 11.4. The van der Waals surface area contributed by atoms with Crippen LogP contribution in [0.3, 0.4) is 0 Å². The molecule has 1 saturated heterocycles. The molecule has 0 unspecified atom stereocenters. The van der Waals surface area contributed by atoms with Gasteiger partial charge in [-0.25, -0.2) is 4.39 Å². The number of carbonyl (C=O) groups is 3. The summed E-state index contributed by atoms with van der Waals surface area (Å²) in [5.74, 6) is -0.679. The molecule has 0 atom stereocenters. The van der Waals surface area contributed by atoms with Gasteiger partial charge in [-0.1, -0.05) is 36.4 Å². The number of methoxy groups -OCH3 is 1. The number of amides is 3. The van der Waals surface area contributed by atoms with Crippen LogP contribution in [0.15, 0.2) is 83.9 Å². The maximum atomic E-state index is 14.3. The molecule has 0 saturated carbocycles. The predicted molar refractivity (Wildman–Crippen MR) is 142 cm³/mol. The van der Waals surface area contributed by atoms with Crippen molar-refractivity contribution in [1.29, 1.82) is 0 Å². The van der Waals surface area contributed by atoms with Gasteiger partial charge in [0.1, 0.15) is 18.1 Å². The van der Waals surface area contributed by atoms with E-state index >= 15 is 0 Å². The van der Waals surface area contributed by atoms with E-state index in [0.29, 0.717) is 23.5 Å². The van der Waals surface area contributed by atoms with E-state index in [2.05, 4.69) is 5.32 Å². The third kappa shape index (κ3) is 5.12. The monoisotopic (exact) mass is 515 g/mol. The second kappa shape index (κ2) is 10.3. The lowest BCUT2D eigenvalue weighted by Gasteiger charge is -2.12. The predicted octanol–water partition coefficient (Wildman–Crippen LogP) is 5.51. The van der Waals surface area contributed by atoms with Crippen LogP contribution in [0.2, 0.25) is 0 Å². The van der Waals surface area contributed by atoms with Gasteiger partial charge in [-0.15, -0.1) is 0 Å². The van der Waals surface area contributed by atoms with Crippen molar-refractivity contribution in [2.45, 2.75) is 6.54 Å². The first kappa shape index (κ1) is 24.3. The quantitative estimate of drug-likeness (QED) is 0.328. The lowest BCUT2D eigenvalue weighted by Crippen LogP contribution is -2.36. The zero-order valence-electron chi connectivity index (χ0n) is 19.8. The van der Waals surface area contributed by atoms with Crippen molar-refractivity contribution in [2.24, 2.45) is 0 Å². The van der Waals surface area contributed by atoms with Crippen LogP contribution in [0.1, 0.15) is 11.1 Å². The van der Waals surface area contributed by atoms with Crippen molar-refractivity contribution in [2.75, 3.05) is 19.0 Å². The van der Waals surface area contributed by atoms with Crippen LogP contribution >= 0.6 is 11.8 Å². The molecule has 3 aromatic carbocycles. The Labute approximate surface area is 216 Å². The smallest absolute Gasteiger partial charge is 0.294 e. The number of thioether (sulfide) groups is 1. The molecule has 1 fully saturated rings. The standard InChI is InChI=1S/C28H22FN3O4S/c1-36-21-12-10-20(11-13-21)30-26(33)17-32-27(34)25(37-28(32)35)14-19-16-31(24-9-5-3-7-22(19)24)15-18-6-2-4-8-23(18)29/h2-14,16H,15,17H2,1H3,(H,30,33)/b25-14-. The van der Waals surface area contributed by atoms with Crippen LogP contribution in [-0.2, 0) is 16.1 Å². The third-order valence-corrected chi connectivity index (χ3v) is 6.86. The SMILES string of the molecule is COc1ccc(NC(=O)CN2C(=O)S/C(=C\c3cn(Cc4ccccc4F)c4ccccc34)C2=O)cc1. The van der Waals surface area contributed by atoms with Crippen LogP contribution in [-0.4, -0.2) is 40.2 Å². The number of aromatic nitrogens is 1. The van der Waals surface area contributed by atoms with Gasteiger partial charge in [-0.3, -0.25) is 19.3 Å². The zero-order chi connectivity index (χ0) is 25.9. The number of para-hydroxylation sites is 1. The molecule has 1 aromatic heterocycles. The van der Waals surface area contributed by atoms with Gasteiger partial charge in [0.15, 0.2) is 0 Å². The summed E-state index contributed by atoms with van der Waals surface area (Å²) in [5.41, 5.74) is 2.66. The van der Waals surface area contributed by atoms with Crippen molar-refractivity contribution >= 4 is 51.5 Å². The van der Waals surface area contributed by atoms with Crippen LogP contribution in [0.25, 0.3) is 17.0 Å². The summed E-state index contributed by atoms with van der Waals surface area (Å²) in [7, 11) is 1.54. The van der Waals surface area contributed by atoms with Crippen molar-refractivity contribution in [3.05, 3.63) is 101 Å². The van der Waals surface area contributed by atoms with Crippen LogP contribution < -0.4 is 10.1 Å². The van der Waals surface area contributed by atoms with E-state index in [0.717, 1.165) is 33.1 Å². The summed E-state index contributed by atoms with van der Waals surface area (Å²) in [6.45, 7) is -0.0862. The van der Waals surface area contributed by atoms with Gasteiger partial charge in [-0.2, -0.15) is 0 Å². The number of benzene rings is 3. The maximum absolute atomic E-state index is 14.3. The normalized spacial score (nSPS) is 14.5. The number of ether oxygens (including phenoxy) is 1. The highest BCUT2D eigenvalue weighted by molar-refractivity contribution is 8.18. The molecule has 37 heavy (non-hydrogen) atoms. The fourth-order valence-electron chi connectivity index (χ4n) is 4.13. The number of hydrogen-bond acceptors (Lipinski definition) is 5. The lowest BCUT2D eigenvalue weighted by atomic mass is 10.1. The van der Waals surface area contributed by atoms with E-state index in [-0.39, 0.29) is 10.7 Å². The molecule has 0 spiro atoms. The molecule has 1 aliphatic heterocycles. The first-order chi connectivity index (χ1) is 17.9. The molecule has 3 amide bonds. The number of rotatable bonds is 7. The highest BCUT2D eigenvalue weighted by Gasteiger charge is 2.36. The van der Waals surface area contributed by atoms with Crippen LogP contribution in [0.5, 0.6) is 5.75 Å².